The van der Waals surface area contributed by atoms with Gasteiger partial charge in [0.2, 0.25) is 0 Å². The number of aryl methyl sites for hydroxylation is 2. The number of carbonyl (C=O) groups is 1. The second kappa shape index (κ2) is 5.33. The summed E-state index contributed by atoms with van der Waals surface area (Å²) in [6.07, 6.45) is 5.51. The number of benzene rings is 1. The number of hydrogen-bond donors (Lipinski definition) is 1. The number of hydrogen-bond acceptors (Lipinski definition) is 2. The van der Waals surface area contributed by atoms with Crippen molar-refractivity contribution in [1.82, 2.24) is 4.90 Å². The van der Waals surface area contributed by atoms with E-state index in [1.165, 1.54) is 17.5 Å². The number of amides is 1. The fraction of sp³-hybridized carbons (Fsp3) is 0.562. The number of rotatable bonds is 2. The van der Waals surface area contributed by atoms with Gasteiger partial charge in [-0.25, -0.2) is 0 Å². The highest BCUT2D eigenvalue weighted by molar-refractivity contribution is 5.94. The summed E-state index contributed by atoms with van der Waals surface area (Å²) < 4.78 is 0. The topological polar surface area (TPSA) is 40.5 Å². The summed E-state index contributed by atoms with van der Waals surface area (Å²) in [5.74, 6) is 0.389. The maximum absolute atomic E-state index is 12.5. The highest BCUT2D eigenvalue weighted by atomic mass is 16.3. The van der Waals surface area contributed by atoms with Crippen LogP contribution in [0.2, 0.25) is 0 Å². The Morgan fingerprint density at radius 2 is 2.11 bits per heavy atom. The average Bonchev–Trinajstić information content (AvgIpc) is 2.94. The van der Waals surface area contributed by atoms with Gasteiger partial charge in [0.15, 0.2) is 0 Å². The van der Waals surface area contributed by atoms with Gasteiger partial charge in [0.1, 0.15) is 0 Å². The maximum Gasteiger partial charge on any atom is 0.253 e. The number of likely N-dealkylation sites (tertiary alicyclic amines) is 1. The molecule has 0 saturated carbocycles. The van der Waals surface area contributed by atoms with Gasteiger partial charge < -0.3 is 10.0 Å². The highest BCUT2D eigenvalue weighted by Gasteiger charge is 2.24. The zero-order valence-corrected chi connectivity index (χ0v) is 11.3. The fourth-order valence-electron chi connectivity index (χ4n) is 3.29. The molecule has 1 aliphatic heterocycles. The summed E-state index contributed by atoms with van der Waals surface area (Å²) in [7, 11) is 0. The second-order valence-electron chi connectivity index (χ2n) is 5.78. The summed E-state index contributed by atoms with van der Waals surface area (Å²) in [4.78, 5) is 14.4. The van der Waals surface area contributed by atoms with E-state index < -0.39 is 0 Å². The molecule has 0 aromatic heterocycles. The number of nitrogens with zero attached hydrogens (tertiary/aromatic N) is 1. The van der Waals surface area contributed by atoms with Crippen molar-refractivity contribution >= 4 is 5.91 Å². The Morgan fingerprint density at radius 3 is 2.95 bits per heavy atom. The third-order valence-corrected chi connectivity index (χ3v) is 4.41. The van der Waals surface area contributed by atoms with Gasteiger partial charge in [-0.2, -0.15) is 0 Å². The molecule has 1 aliphatic carbocycles. The van der Waals surface area contributed by atoms with Crippen LogP contribution < -0.4 is 0 Å². The summed E-state index contributed by atoms with van der Waals surface area (Å²) in [5, 5.41) is 9.25. The third kappa shape index (κ3) is 2.52. The molecule has 0 radical (unpaired) electrons. The Bertz CT molecular complexity index is 484. The molecule has 1 saturated heterocycles. The van der Waals surface area contributed by atoms with Gasteiger partial charge >= 0.3 is 0 Å². The molecule has 2 aliphatic rings. The largest absolute Gasteiger partial charge is 0.396 e. The molecule has 1 aromatic rings. The van der Waals surface area contributed by atoms with Gasteiger partial charge in [-0.3, -0.25) is 4.79 Å². The molecule has 1 aromatic carbocycles. The first-order valence-electron chi connectivity index (χ1n) is 7.30. The van der Waals surface area contributed by atoms with Crippen LogP contribution in [0.1, 0.15) is 40.7 Å². The Kier molecular flexibility index (Phi) is 3.56. The predicted octanol–water partition coefficient (Wildman–Crippen LogP) is 2.02. The maximum atomic E-state index is 12.5. The summed E-state index contributed by atoms with van der Waals surface area (Å²) in [6.45, 7) is 1.72. The number of carbonyl (C=O) groups excluding carboxylic acids is 1. The van der Waals surface area contributed by atoms with E-state index in [2.05, 4.69) is 12.1 Å². The van der Waals surface area contributed by atoms with Crippen molar-refractivity contribution in [2.24, 2.45) is 5.92 Å². The molecule has 3 heteroatoms. The van der Waals surface area contributed by atoms with Crippen molar-refractivity contribution in [3.8, 4) is 0 Å². The molecule has 1 amide bonds. The number of aliphatic hydroxyl groups excluding tert-OH is 1. The summed E-state index contributed by atoms with van der Waals surface area (Å²) >= 11 is 0. The minimum Gasteiger partial charge on any atom is -0.396 e. The molecule has 1 unspecified atom stereocenters. The van der Waals surface area contributed by atoms with Crippen LogP contribution in [-0.2, 0) is 12.8 Å². The quantitative estimate of drug-likeness (QED) is 0.882. The molecular weight excluding hydrogens is 238 g/mol. The van der Waals surface area contributed by atoms with Crippen molar-refractivity contribution in [1.29, 1.82) is 0 Å². The standard InChI is InChI=1S/C16H21NO2/c18-11-12-3-2-8-17(10-12)16(19)15-7-6-13-4-1-5-14(13)9-15/h6-7,9,12,18H,1-5,8,10-11H2. The monoisotopic (exact) mass is 259 g/mol. The lowest BCUT2D eigenvalue weighted by atomic mass is 9.98. The lowest BCUT2D eigenvalue weighted by Gasteiger charge is -2.32. The molecule has 1 fully saturated rings. The number of aliphatic hydroxyl groups is 1. The third-order valence-electron chi connectivity index (χ3n) is 4.41. The Labute approximate surface area is 114 Å². The molecule has 3 rings (SSSR count). The summed E-state index contributed by atoms with van der Waals surface area (Å²) in [6, 6.07) is 6.16. The van der Waals surface area contributed by atoms with Gasteiger partial charge in [-0.05, 0) is 61.3 Å². The molecule has 1 N–H and O–H groups in total. The van der Waals surface area contributed by atoms with Crippen molar-refractivity contribution in [3.63, 3.8) is 0 Å². The normalized spacial score (nSPS) is 22.4. The van der Waals surface area contributed by atoms with Crippen molar-refractivity contribution in [3.05, 3.63) is 34.9 Å². The molecular formula is C16H21NO2. The molecule has 3 nitrogen and oxygen atoms in total. The van der Waals surface area contributed by atoms with Crippen molar-refractivity contribution in [2.45, 2.75) is 32.1 Å². The summed E-state index contributed by atoms with van der Waals surface area (Å²) in [5.41, 5.74) is 3.57. The Balaban J connectivity index is 1.76. The SMILES string of the molecule is O=C(c1ccc2c(c1)CCC2)N1CCCC(CO)C1. The Hall–Kier alpha value is -1.35. The van der Waals surface area contributed by atoms with E-state index in [9.17, 15) is 9.90 Å². The molecule has 0 spiro atoms. The molecule has 19 heavy (non-hydrogen) atoms. The van der Waals surface area contributed by atoms with E-state index in [0.717, 1.165) is 37.8 Å². The number of fused-ring (bicyclic) bond motifs is 1. The first kappa shape index (κ1) is 12.7. The lowest BCUT2D eigenvalue weighted by molar-refractivity contribution is 0.0620. The fourth-order valence-corrected chi connectivity index (χ4v) is 3.29. The lowest BCUT2D eigenvalue weighted by Crippen LogP contribution is -2.40. The smallest absolute Gasteiger partial charge is 0.253 e. The average molecular weight is 259 g/mol. The van der Waals surface area contributed by atoms with Gasteiger partial charge in [0.25, 0.3) is 5.91 Å². The van der Waals surface area contributed by atoms with E-state index in [-0.39, 0.29) is 18.4 Å². The first-order valence-corrected chi connectivity index (χ1v) is 7.30. The first-order chi connectivity index (χ1) is 9.28. The molecule has 1 heterocycles. The van der Waals surface area contributed by atoms with Crippen molar-refractivity contribution < 1.29 is 9.90 Å². The molecule has 0 bridgehead atoms. The second-order valence-corrected chi connectivity index (χ2v) is 5.78. The van der Waals surface area contributed by atoms with Gasteiger partial charge in [0.05, 0.1) is 0 Å². The zero-order chi connectivity index (χ0) is 13.2. The highest BCUT2D eigenvalue weighted by Crippen LogP contribution is 2.24. The van der Waals surface area contributed by atoms with Crippen LogP contribution in [0.5, 0.6) is 0 Å². The van der Waals surface area contributed by atoms with E-state index >= 15 is 0 Å². The van der Waals surface area contributed by atoms with Gasteiger partial charge in [0, 0.05) is 25.3 Å². The van der Waals surface area contributed by atoms with Crippen LogP contribution in [0.4, 0.5) is 0 Å². The van der Waals surface area contributed by atoms with E-state index in [0.29, 0.717) is 6.54 Å². The van der Waals surface area contributed by atoms with Crippen LogP contribution in [-0.4, -0.2) is 35.6 Å². The molecule has 102 valence electrons. The van der Waals surface area contributed by atoms with Crippen molar-refractivity contribution in [2.75, 3.05) is 19.7 Å². The van der Waals surface area contributed by atoms with Crippen LogP contribution in [0.25, 0.3) is 0 Å². The van der Waals surface area contributed by atoms with Crippen LogP contribution >= 0.6 is 0 Å². The minimum atomic E-state index is 0.132. The predicted molar refractivity (Wildman–Crippen MR) is 74.2 cm³/mol. The van der Waals surface area contributed by atoms with E-state index in [4.69, 9.17) is 0 Å². The number of piperidine rings is 1. The van der Waals surface area contributed by atoms with E-state index in [1.807, 2.05) is 11.0 Å². The minimum absolute atomic E-state index is 0.132. The van der Waals surface area contributed by atoms with Gasteiger partial charge in [-0.1, -0.05) is 6.07 Å². The zero-order valence-electron chi connectivity index (χ0n) is 11.3. The van der Waals surface area contributed by atoms with E-state index in [1.54, 1.807) is 0 Å². The van der Waals surface area contributed by atoms with Crippen LogP contribution in [0.3, 0.4) is 0 Å². The van der Waals surface area contributed by atoms with Crippen LogP contribution in [0, 0.1) is 5.92 Å². The van der Waals surface area contributed by atoms with Crippen LogP contribution in [0.15, 0.2) is 18.2 Å². The Morgan fingerprint density at radius 1 is 1.26 bits per heavy atom. The van der Waals surface area contributed by atoms with Gasteiger partial charge in [-0.15, -0.1) is 0 Å². The molecule has 1 atom stereocenters.